The van der Waals surface area contributed by atoms with E-state index < -0.39 is 23.2 Å². The summed E-state index contributed by atoms with van der Waals surface area (Å²) < 4.78 is 52.4. The molecule has 7 heteroatoms. The summed E-state index contributed by atoms with van der Waals surface area (Å²) >= 11 is 0. The second-order valence-electron chi connectivity index (χ2n) is 5.99. The maximum absolute atomic E-state index is 14.4. The Bertz CT molecular complexity index is 962. The summed E-state index contributed by atoms with van der Waals surface area (Å²) in [4.78, 5) is 4.15. The minimum Gasteiger partial charge on any atom is -0.505 e. The number of phenols is 1. The fraction of sp³-hybridized carbons (Fsp3) is 0.190. The fourth-order valence-corrected chi connectivity index (χ4v) is 2.52. The van der Waals surface area contributed by atoms with Crippen molar-refractivity contribution in [3.63, 3.8) is 0 Å². The van der Waals surface area contributed by atoms with Crippen molar-refractivity contribution in [3.8, 4) is 22.8 Å². The van der Waals surface area contributed by atoms with Crippen LogP contribution in [0.2, 0.25) is 0 Å². The van der Waals surface area contributed by atoms with Crippen molar-refractivity contribution < 1.29 is 27.8 Å². The van der Waals surface area contributed by atoms with Crippen LogP contribution in [0.4, 0.5) is 13.2 Å². The van der Waals surface area contributed by atoms with Crippen molar-refractivity contribution in [2.24, 2.45) is 0 Å². The van der Waals surface area contributed by atoms with Crippen molar-refractivity contribution in [1.82, 2.24) is 4.98 Å². The lowest BCUT2D eigenvalue weighted by atomic mass is 10.1. The summed E-state index contributed by atoms with van der Waals surface area (Å²) in [6, 6.07) is 9.84. The molecule has 0 fully saturated rings. The lowest BCUT2D eigenvalue weighted by Gasteiger charge is -2.10. The number of ether oxygens (including phenoxy) is 2. The Morgan fingerprint density at radius 3 is 2.46 bits per heavy atom. The van der Waals surface area contributed by atoms with E-state index in [0.29, 0.717) is 12.2 Å². The topological polar surface area (TPSA) is 51.6 Å². The summed E-state index contributed by atoms with van der Waals surface area (Å²) in [6.45, 7) is 2.28. The van der Waals surface area contributed by atoms with Crippen LogP contribution in [0.5, 0.6) is 11.5 Å². The minimum atomic E-state index is -0.978. The van der Waals surface area contributed by atoms with Crippen molar-refractivity contribution in [3.05, 3.63) is 77.2 Å². The zero-order valence-corrected chi connectivity index (χ0v) is 15.1. The summed E-state index contributed by atoms with van der Waals surface area (Å²) in [5, 5.41) is 9.16. The molecule has 0 atom stereocenters. The van der Waals surface area contributed by atoms with Crippen LogP contribution in [0.1, 0.15) is 18.1 Å². The number of hydrogen-bond acceptors (Lipinski definition) is 4. The SMILES string of the molecule is CCOCc1ccc(-c2ccc(COc3ccc(O)c(F)c3)cn2)c(F)c1F. The van der Waals surface area contributed by atoms with Gasteiger partial charge in [-0.15, -0.1) is 0 Å². The van der Waals surface area contributed by atoms with Gasteiger partial charge in [-0.3, -0.25) is 4.98 Å². The Kier molecular flexibility index (Phi) is 6.16. The number of benzene rings is 2. The minimum absolute atomic E-state index is 0.00108. The maximum Gasteiger partial charge on any atom is 0.168 e. The van der Waals surface area contributed by atoms with Crippen molar-refractivity contribution >= 4 is 0 Å². The Balaban J connectivity index is 1.71. The van der Waals surface area contributed by atoms with E-state index >= 15 is 0 Å². The highest BCUT2D eigenvalue weighted by Crippen LogP contribution is 2.26. The van der Waals surface area contributed by atoms with E-state index in [4.69, 9.17) is 14.6 Å². The monoisotopic (exact) mass is 389 g/mol. The lowest BCUT2D eigenvalue weighted by molar-refractivity contribution is 0.131. The van der Waals surface area contributed by atoms with Crippen molar-refractivity contribution in [2.75, 3.05) is 6.61 Å². The molecule has 0 amide bonds. The molecule has 0 aliphatic rings. The molecule has 1 aromatic heterocycles. The van der Waals surface area contributed by atoms with Crippen LogP contribution in [0.3, 0.4) is 0 Å². The molecule has 1 N–H and O–H groups in total. The van der Waals surface area contributed by atoms with E-state index in [0.717, 1.165) is 6.07 Å². The Morgan fingerprint density at radius 1 is 0.964 bits per heavy atom. The molecule has 3 rings (SSSR count). The van der Waals surface area contributed by atoms with Gasteiger partial charge in [-0.25, -0.2) is 13.2 Å². The molecule has 0 saturated heterocycles. The molecule has 0 saturated carbocycles. The van der Waals surface area contributed by atoms with E-state index in [1.54, 1.807) is 19.1 Å². The van der Waals surface area contributed by atoms with Gasteiger partial charge in [-0.1, -0.05) is 12.1 Å². The largest absolute Gasteiger partial charge is 0.505 e. The van der Waals surface area contributed by atoms with Crippen LogP contribution in [0, 0.1) is 17.5 Å². The normalized spacial score (nSPS) is 10.9. The Labute approximate surface area is 160 Å². The smallest absolute Gasteiger partial charge is 0.168 e. The maximum atomic E-state index is 14.4. The lowest BCUT2D eigenvalue weighted by Crippen LogP contribution is -2.01. The van der Waals surface area contributed by atoms with E-state index in [2.05, 4.69) is 4.98 Å². The number of pyridine rings is 1. The van der Waals surface area contributed by atoms with Crippen LogP contribution in [-0.4, -0.2) is 16.7 Å². The standard InChI is InChI=1S/C21H18F3NO3/c1-2-27-12-14-4-6-16(21(24)20(14)23)18-7-3-13(10-25-18)11-28-15-5-8-19(26)17(22)9-15/h3-10,26H,2,11-12H2,1H3. The highest BCUT2D eigenvalue weighted by atomic mass is 19.2. The molecule has 0 aliphatic heterocycles. The quantitative estimate of drug-likeness (QED) is 0.619. The third-order valence-corrected chi connectivity index (χ3v) is 4.05. The van der Waals surface area contributed by atoms with Gasteiger partial charge in [-0.05, 0) is 31.2 Å². The number of aromatic hydroxyl groups is 1. The first kappa shape index (κ1) is 19.7. The van der Waals surface area contributed by atoms with Gasteiger partial charge in [0.1, 0.15) is 12.4 Å². The predicted molar refractivity (Wildman–Crippen MR) is 97.3 cm³/mol. The number of halogens is 3. The van der Waals surface area contributed by atoms with Crippen LogP contribution in [-0.2, 0) is 18.0 Å². The number of nitrogens with zero attached hydrogens (tertiary/aromatic N) is 1. The molecule has 0 unspecified atom stereocenters. The van der Waals surface area contributed by atoms with Gasteiger partial charge in [-0.2, -0.15) is 0 Å². The van der Waals surface area contributed by atoms with Crippen LogP contribution >= 0.6 is 0 Å². The first-order valence-corrected chi connectivity index (χ1v) is 8.60. The molecule has 28 heavy (non-hydrogen) atoms. The first-order chi connectivity index (χ1) is 13.5. The molecular weight excluding hydrogens is 371 g/mol. The predicted octanol–water partition coefficient (Wildman–Crippen LogP) is 4.99. The fourth-order valence-electron chi connectivity index (χ4n) is 2.52. The second kappa shape index (κ2) is 8.75. The molecule has 2 aromatic carbocycles. The number of phenolic OH excluding ortho intramolecular Hbond substituents is 1. The first-order valence-electron chi connectivity index (χ1n) is 8.60. The third kappa shape index (κ3) is 4.43. The van der Waals surface area contributed by atoms with Gasteiger partial charge in [0.05, 0.1) is 12.3 Å². The molecule has 4 nitrogen and oxygen atoms in total. The zero-order chi connectivity index (χ0) is 20.1. The van der Waals surface area contributed by atoms with E-state index in [9.17, 15) is 13.2 Å². The van der Waals surface area contributed by atoms with Crippen molar-refractivity contribution in [2.45, 2.75) is 20.1 Å². The molecule has 1 heterocycles. The number of aromatic nitrogens is 1. The van der Waals surface area contributed by atoms with E-state index in [1.807, 2.05) is 0 Å². The summed E-state index contributed by atoms with van der Waals surface area (Å²) in [7, 11) is 0. The van der Waals surface area contributed by atoms with Gasteiger partial charge >= 0.3 is 0 Å². The van der Waals surface area contributed by atoms with Gasteiger partial charge in [0.15, 0.2) is 23.2 Å². The van der Waals surface area contributed by atoms with Gasteiger partial charge in [0, 0.05) is 35.6 Å². The Morgan fingerprint density at radius 2 is 1.79 bits per heavy atom. The van der Waals surface area contributed by atoms with Crippen molar-refractivity contribution in [1.29, 1.82) is 0 Å². The highest BCUT2D eigenvalue weighted by molar-refractivity contribution is 5.60. The van der Waals surface area contributed by atoms with E-state index in [-0.39, 0.29) is 35.8 Å². The van der Waals surface area contributed by atoms with Gasteiger partial charge in [0.2, 0.25) is 0 Å². The summed E-state index contributed by atoms with van der Waals surface area (Å²) in [5.74, 6) is -2.92. The van der Waals surface area contributed by atoms with Crippen LogP contribution in [0.15, 0.2) is 48.7 Å². The molecule has 0 spiro atoms. The zero-order valence-electron chi connectivity index (χ0n) is 15.1. The molecule has 146 valence electrons. The molecule has 0 bridgehead atoms. The van der Waals surface area contributed by atoms with E-state index in [1.165, 1.54) is 30.5 Å². The molecule has 0 aliphatic carbocycles. The second-order valence-corrected chi connectivity index (χ2v) is 5.99. The number of hydrogen-bond donors (Lipinski definition) is 1. The summed E-state index contributed by atoms with van der Waals surface area (Å²) in [5.41, 5.74) is 1.13. The molecular formula is C21H18F3NO3. The average Bonchev–Trinajstić information content (AvgIpc) is 2.70. The number of rotatable bonds is 7. The molecule has 3 aromatic rings. The van der Waals surface area contributed by atoms with Gasteiger partial charge in [0.25, 0.3) is 0 Å². The Hall–Kier alpha value is -3.06. The third-order valence-electron chi connectivity index (χ3n) is 4.05. The average molecular weight is 389 g/mol. The van der Waals surface area contributed by atoms with Crippen LogP contribution in [0.25, 0.3) is 11.3 Å². The highest BCUT2D eigenvalue weighted by Gasteiger charge is 2.15. The van der Waals surface area contributed by atoms with Gasteiger partial charge < -0.3 is 14.6 Å². The molecule has 0 radical (unpaired) electrons. The summed E-state index contributed by atoms with van der Waals surface area (Å²) in [6.07, 6.45) is 1.47. The van der Waals surface area contributed by atoms with Crippen LogP contribution < -0.4 is 4.74 Å².